The Morgan fingerprint density at radius 3 is 2.90 bits per heavy atom. The fourth-order valence-corrected chi connectivity index (χ4v) is 2.71. The Morgan fingerprint density at radius 1 is 1.52 bits per heavy atom. The topological polar surface area (TPSA) is 37.4 Å². The van der Waals surface area contributed by atoms with Gasteiger partial charge < -0.3 is 15.0 Å². The predicted octanol–water partition coefficient (Wildman–Crippen LogP) is 2.74. The summed E-state index contributed by atoms with van der Waals surface area (Å²) in [6.07, 6.45) is 7.28. The molecule has 0 aliphatic carbocycles. The van der Waals surface area contributed by atoms with Crippen molar-refractivity contribution < 1.29 is 4.74 Å². The molecule has 1 aliphatic rings. The first-order chi connectivity index (χ1) is 10.2. The second-order valence-electron chi connectivity index (χ2n) is 5.63. The third-order valence-corrected chi connectivity index (χ3v) is 4.22. The maximum absolute atomic E-state index is 5.76. The number of aromatic nitrogens is 1. The number of pyridine rings is 1. The van der Waals surface area contributed by atoms with Gasteiger partial charge in [-0.3, -0.25) is 4.98 Å². The number of nitrogens with one attached hydrogen (secondary N) is 1. The van der Waals surface area contributed by atoms with Crippen molar-refractivity contribution in [3.05, 3.63) is 30.1 Å². The second-order valence-corrected chi connectivity index (χ2v) is 6.02. The SMILES string of the molecule is CC[C@@H](C)NC(=S)N(Cc1ccncc1)C[C@@H]1CCCO1. The summed E-state index contributed by atoms with van der Waals surface area (Å²) in [5, 5.41) is 4.23. The molecule has 4 nitrogen and oxygen atoms in total. The van der Waals surface area contributed by atoms with Crippen molar-refractivity contribution >= 4 is 17.3 Å². The molecule has 0 unspecified atom stereocenters. The Bertz CT molecular complexity index is 434. The molecule has 0 saturated carbocycles. The van der Waals surface area contributed by atoms with Crippen LogP contribution in [0.2, 0.25) is 0 Å². The summed E-state index contributed by atoms with van der Waals surface area (Å²) < 4.78 is 5.76. The summed E-state index contributed by atoms with van der Waals surface area (Å²) in [6, 6.07) is 4.46. The zero-order valence-electron chi connectivity index (χ0n) is 12.9. The molecule has 2 rings (SSSR count). The average molecular weight is 307 g/mol. The normalized spacial score (nSPS) is 19.2. The average Bonchev–Trinajstić information content (AvgIpc) is 3.00. The van der Waals surface area contributed by atoms with Crippen LogP contribution in [0.5, 0.6) is 0 Å². The number of thiocarbonyl (C=S) groups is 1. The van der Waals surface area contributed by atoms with E-state index in [1.54, 1.807) is 0 Å². The van der Waals surface area contributed by atoms with Gasteiger partial charge in [0.2, 0.25) is 0 Å². The molecule has 1 fully saturated rings. The molecule has 1 aromatic heterocycles. The van der Waals surface area contributed by atoms with E-state index in [1.165, 1.54) is 5.56 Å². The number of nitrogens with zero attached hydrogens (tertiary/aromatic N) is 2. The molecule has 116 valence electrons. The van der Waals surface area contributed by atoms with Crippen LogP contribution in [0, 0.1) is 0 Å². The van der Waals surface area contributed by atoms with Crippen molar-refractivity contribution in [1.29, 1.82) is 0 Å². The Morgan fingerprint density at radius 2 is 2.29 bits per heavy atom. The molecule has 0 aromatic carbocycles. The van der Waals surface area contributed by atoms with E-state index in [2.05, 4.69) is 29.0 Å². The van der Waals surface area contributed by atoms with Crippen molar-refractivity contribution in [2.75, 3.05) is 13.2 Å². The molecule has 0 spiro atoms. The summed E-state index contributed by atoms with van der Waals surface area (Å²) in [5.74, 6) is 0. The lowest BCUT2D eigenvalue weighted by molar-refractivity contribution is 0.0896. The number of hydrogen-bond acceptors (Lipinski definition) is 3. The van der Waals surface area contributed by atoms with Gasteiger partial charge in [-0.25, -0.2) is 0 Å². The highest BCUT2D eigenvalue weighted by atomic mass is 32.1. The third-order valence-electron chi connectivity index (χ3n) is 3.84. The highest BCUT2D eigenvalue weighted by Crippen LogP contribution is 2.15. The van der Waals surface area contributed by atoms with Crippen LogP contribution in [0.3, 0.4) is 0 Å². The molecule has 1 aliphatic heterocycles. The van der Waals surface area contributed by atoms with Gasteiger partial charge in [0.25, 0.3) is 0 Å². The van der Waals surface area contributed by atoms with Gasteiger partial charge in [-0.05, 0) is 56.1 Å². The standard InChI is InChI=1S/C16H25N3OS/c1-3-13(2)18-16(21)19(12-15-5-4-10-20-15)11-14-6-8-17-9-7-14/h6-9,13,15H,3-5,10-12H2,1-2H3,(H,18,21)/t13-,15+/m1/s1. The first kappa shape index (κ1) is 16.2. The van der Waals surface area contributed by atoms with Crippen LogP contribution in [-0.4, -0.2) is 40.3 Å². The Kier molecular flexibility index (Phi) is 6.39. The van der Waals surface area contributed by atoms with Gasteiger partial charge in [0.15, 0.2) is 5.11 Å². The van der Waals surface area contributed by atoms with Gasteiger partial charge in [-0.1, -0.05) is 6.92 Å². The maximum Gasteiger partial charge on any atom is 0.169 e. The van der Waals surface area contributed by atoms with E-state index >= 15 is 0 Å². The first-order valence-corrected chi connectivity index (χ1v) is 8.15. The Labute approximate surface area is 132 Å². The predicted molar refractivity (Wildman–Crippen MR) is 89.1 cm³/mol. The summed E-state index contributed by atoms with van der Waals surface area (Å²) in [7, 11) is 0. The summed E-state index contributed by atoms with van der Waals surface area (Å²) in [4.78, 5) is 6.29. The fraction of sp³-hybridized carbons (Fsp3) is 0.625. The lowest BCUT2D eigenvalue weighted by atomic mass is 10.2. The van der Waals surface area contributed by atoms with Crippen molar-refractivity contribution in [2.24, 2.45) is 0 Å². The van der Waals surface area contributed by atoms with Crippen molar-refractivity contribution in [2.45, 2.75) is 51.8 Å². The van der Waals surface area contributed by atoms with Crippen molar-refractivity contribution in [1.82, 2.24) is 15.2 Å². The molecule has 1 saturated heterocycles. The number of ether oxygens (including phenoxy) is 1. The highest BCUT2D eigenvalue weighted by molar-refractivity contribution is 7.80. The third kappa shape index (κ3) is 5.25. The van der Waals surface area contributed by atoms with Gasteiger partial charge in [0.1, 0.15) is 0 Å². The molecule has 1 aromatic rings. The van der Waals surface area contributed by atoms with Crippen LogP contribution < -0.4 is 5.32 Å². The van der Waals surface area contributed by atoms with E-state index in [4.69, 9.17) is 17.0 Å². The minimum atomic E-state index is 0.295. The monoisotopic (exact) mass is 307 g/mol. The minimum absolute atomic E-state index is 0.295. The van der Waals surface area contributed by atoms with Crippen LogP contribution >= 0.6 is 12.2 Å². The molecule has 1 N–H and O–H groups in total. The van der Waals surface area contributed by atoms with Gasteiger partial charge in [-0.15, -0.1) is 0 Å². The van der Waals surface area contributed by atoms with Gasteiger partial charge in [-0.2, -0.15) is 0 Å². The van der Waals surface area contributed by atoms with Crippen LogP contribution in [0.25, 0.3) is 0 Å². The van der Waals surface area contributed by atoms with E-state index in [-0.39, 0.29) is 0 Å². The molecular weight excluding hydrogens is 282 g/mol. The maximum atomic E-state index is 5.76. The molecule has 21 heavy (non-hydrogen) atoms. The van der Waals surface area contributed by atoms with Gasteiger partial charge in [0, 0.05) is 38.1 Å². The van der Waals surface area contributed by atoms with E-state index in [1.807, 2.05) is 24.5 Å². The molecule has 0 amide bonds. The van der Waals surface area contributed by atoms with Crippen LogP contribution in [0.1, 0.15) is 38.7 Å². The number of rotatable bonds is 6. The fourth-order valence-electron chi connectivity index (χ4n) is 2.37. The van der Waals surface area contributed by atoms with E-state index in [0.717, 1.165) is 44.1 Å². The number of hydrogen-bond donors (Lipinski definition) is 1. The highest BCUT2D eigenvalue weighted by Gasteiger charge is 2.21. The van der Waals surface area contributed by atoms with E-state index < -0.39 is 0 Å². The van der Waals surface area contributed by atoms with Crippen LogP contribution in [0.15, 0.2) is 24.5 Å². The van der Waals surface area contributed by atoms with Gasteiger partial charge in [0.05, 0.1) is 6.10 Å². The molecule has 0 bridgehead atoms. The first-order valence-electron chi connectivity index (χ1n) is 7.75. The Hall–Kier alpha value is -1.20. The second kappa shape index (κ2) is 8.29. The summed E-state index contributed by atoms with van der Waals surface area (Å²) in [6.45, 7) is 6.84. The Balaban J connectivity index is 2.00. The van der Waals surface area contributed by atoms with Gasteiger partial charge >= 0.3 is 0 Å². The van der Waals surface area contributed by atoms with Crippen molar-refractivity contribution in [3.8, 4) is 0 Å². The van der Waals surface area contributed by atoms with Crippen LogP contribution in [-0.2, 0) is 11.3 Å². The quantitative estimate of drug-likeness (QED) is 0.818. The molecule has 2 atom stereocenters. The largest absolute Gasteiger partial charge is 0.376 e. The van der Waals surface area contributed by atoms with E-state index in [9.17, 15) is 0 Å². The van der Waals surface area contributed by atoms with E-state index in [0.29, 0.717) is 12.1 Å². The molecule has 2 heterocycles. The molecule has 0 radical (unpaired) electrons. The van der Waals surface area contributed by atoms with Crippen LogP contribution in [0.4, 0.5) is 0 Å². The molecule has 5 heteroatoms. The lowest BCUT2D eigenvalue weighted by Gasteiger charge is -2.30. The zero-order chi connectivity index (χ0) is 15.1. The minimum Gasteiger partial charge on any atom is -0.376 e. The smallest absolute Gasteiger partial charge is 0.169 e. The summed E-state index contributed by atoms with van der Waals surface area (Å²) in [5.41, 5.74) is 1.22. The lowest BCUT2D eigenvalue weighted by Crippen LogP contribution is -2.45. The van der Waals surface area contributed by atoms with Crippen molar-refractivity contribution in [3.63, 3.8) is 0 Å². The molecular formula is C16H25N3OS. The summed E-state index contributed by atoms with van der Waals surface area (Å²) >= 11 is 5.60. The zero-order valence-corrected chi connectivity index (χ0v) is 13.7.